The number of amides is 1. The molecule has 2 aromatic rings. The topological polar surface area (TPSA) is 119 Å². The van der Waals surface area contributed by atoms with E-state index in [0.29, 0.717) is 6.42 Å². The summed E-state index contributed by atoms with van der Waals surface area (Å²) in [5.74, 6) is -1.53. The normalized spacial score (nSPS) is 11.5. The van der Waals surface area contributed by atoms with Crippen LogP contribution in [-0.2, 0) is 11.2 Å². The first-order valence-electron chi connectivity index (χ1n) is 8.89. The van der Waals surface area contributed by atoms with E-state index >= 15 is 0 Å². The summed E-state index contributed by atoms with van der Waals surface area (Å²) in [5.41, 5.74) is 0.397. The van der Waals surface area contributed by atoms with Crippen LogP contribution in [0.15, 0.2) is 48.5 Å². The van der Waals surface area contributed by atoms with Gasteiger partial charge in [0.05, 0.1) is 11.5 Å². The average molecular weight is 386 g/mol. The predicted octanol–water partition coefficient (Wildman–Crippen LogP) is 3.20. The highest BCUT2D eigenvalue weighted by Gasteiger charge is 2.27. The number of carbonyl (C=O) groups excluding carboxylic acids is 1. The Labute approximate surface area is 162 Å². The Morgan fingerprint density at radius 3 is 2.50 bits per heavy atom. The number of rotatable bonds is 10. The van der Waals surface area contributed by atoms with Crippen molar-refractivity contribution in [2.75, 3.05) is 6.61 Å². The highest BCUT2D eigenvalue weighted by Crippen LogP contribution is 2.28. The molecule has 148 valence electrons. The molecule has 28 heavy (non-hydrogen) atoms. The molecule has 2 aromatic carbocycles. The molecule has 0 spiro atoms. The second-order valence-electron chi connectivity index (χ2n) is 6.13. The van der Waals surface area contributed by atoms with Crippen LogP contribution in [0.2, 0.25) is 0 Å². The molecule has 0 aliphatic heterocycles. The van der Waals surface area contributed by atoms with E-state index in [9.17, 15) is 19.7 Å². The van der Waals surface area contributed by atoms with Gasteiger partial charge in [-0.05, 0) is 31.4 Å². The second-order valence-corrected chi connectivity index (χ2v) is 6.13. The van der Waals surface area contributed by atoms with E-state index in [0.717, 1.165) is 5.56 Å². The molecule has 1 atom stereocenters. The third-order valence-electron chi connectivity index (χ3n) is 4.09. The lowest BCUT2D eigenvalue weighted by molar-refractivity contribution is -0.385. The molecule has 0 fully saturated rings. The smallest absolute Gasteiger partial charge is 0.303 e. The number of benzene rings is 2. The minimum absolute atomic E-state index is 0.117. The standard InChI is InChI=1S/C20H22N2O6/c1-2-28-17-10-6-9-16(22(26)27)19(17)20(25)21-15(11-12-18(23)24)13-14-7-4-3-5-8-14/h3-10,15H,2,11-13H2,1H3,(H,21,25)(H,23,24). The van der Waals surface area contributed by atoms with Crippen molar-refractivity contribution in [3.05, 3.63) is 69.8 Å². The van der Waals surface area contributed by atoms with Crippen molar-refractivity contribution in [2.24, 2.45) is 0 Å². The summed E-state index contributed by atoms with van der Waals surface area (Å²) < 4.78 is 5.39. The van der Waals surface area contributed by atoms with Gasteiger partial charge in [-0.2, -0.15) is 0 Å². The molecule has 2 rings (SSSR count). The van der Waals surface area contributed by atoms with Crippen LogP contribution in [0.5, 0.6) is 5.75 Å². The lowest BCUT2D eigenvalue weighted by Crippen LogP contribution is -2.37. The predicted molar refractivity (Wildman–Crippen MR) is 103 cm³/mol. The molecule has 0 aliphatic carbocycles. The largest absolute Gasteiger partial charge is 0.493 e. The molecular weight excluding hydrogens is 364 g/mol. The van der Waals surface area contributed by atoms with Gasteiger partial charge in [0.15, 0.2) is 5.56 Å². The molecule has 0 heterocycles. The lowest BCUT2D eigenvalue weighted by atomic mass is 10.0. The van der Waals surface area contributed by atoms with Crippen LogP contribution in [0.25, 0.3) is 0 Å². The number of hydrogen-bond donors (Lipinski definition) is 2. The van der Waals surface area contributed by atoms with Gasteiger partial charge in [0, 0.05) is 18.5 Å². The van der Waals surface area contributed by atoms with Crippen molar-refractivity contribution in [3.63, 3.8) is 0 Å². The van der Waals surface area contributed by atoms with Gasteiger partial charge in [0.25, 0.3) is 11.6 Å². The van der Waals surface area contributed by atoms with Gasteiger partial charge in [-0.25, -0.2) is 0 Å². The number of carboxylic acids is 1. The number of carbonyl (C=O) groups is 2. The average Bonchev–Trinajstić information content (AvgIpc) is 2.66. The van der Waals surface area contributed by atoms with Gasteiger partial charge in [-0.15, -0.1) is 0 Å². The summed E-state index contributed by atoms with van der Waals surface area (Å²) in [6.07, 6.45) is 0.470. The molecule has 0 aliphatic rings. The van der Waals surface area contributed by atoms with Crippen molar-refractivity contribution in [1.29, 1.82) is 0 Å². The number of carboxylic acid groups (broad SMARTS) is 1. The molecule has 0 saturated carbocycles. The Balaban J connectivity index is 2.29. The number of nitrogens with zero attached hydrogens (tertiary/aromatic N) is 1. The zero-order valence-corrected chi connectivity index (χ0v) is 15.5. The third-order valence-corrected chi connectivity index (χ3v) is 4.09. The number of ether oxygens (including phenoxy) is 1. The maximum absolute atomic E-state index is 12.9. The highest BCUT2D eigenvalue weighted by molar-refractivity contribution is 6.01. The zero-order valence-electron chi connectivity index (χ0n) is 15.5. The highest BCUT2D eigenvalue weighted by atomic mass is 16.6. The number of hydrogen-bond acceptors (Lipinski definition) is 5. The van der Waals surface area contributed by atoms with Crippen LogP contribution in [0.4, 0.5) is 5.69 Å². The number of nitrogens with one attached hydrogen (secondary N) is 1. The monoisotopic (exact) mass is 386 g/mol. The van der Waals surface area contributed by atoms with Gasteiger partial charge >= 0.3 is 5.97 Å². The van der Waals surface area contributed by atoms with Crippen LogP contribution < -0.4 is 10.1 Å². The van der Waals surface area contributed by atoms with E-state index < -0.39 is 22.8 Å². The van der Waals surface area contributed by atoms with E-state index in [-0.39, 0.29) is 36.4 Å². The molecule has 8 heteroatoms. The van der Waals surface area contributed by atoms with Crippen molar-refractivity contribution in [3.8, 4) is 5.75 Å². The van der Waals surface area contributed by atoms with E-state index in [4.69, 9.17) is 9.84 Å². The maximum Gasteiger partial charge on any atom is 0.303 e. The SMILES string of the molecule is CCOc1cccc([N+](=O)[O-])c1C(=O)NC(CCC(=O)O)Cc1ccccc1. The van der Waals surface area contributed by atoms with Gasteiger partial charge in [-0.1, -0.05) is 36.4 Å². The Morgan fingerprint density at radius 1 is 1.18 bits per heavy atom. The Bertz CT molecular complexity index is 838. The molecular formula is C20H22N2O6. The summed E-state index contributed by atoms with van der Waals surface area (Å²) in [4.78, 5) is 34.6. The van der Waals surface area contributed by atoms with Gasteiger partial charge in [-0.3, -0.25) is 19.7 Å². The molecule has 1 unspecified atom stereocenters. The fraction of sp³-hybridized carbons (Fsp3) is 0.300. The minimum atomic E-state index is -0.979. The first-order valence-corrected chi connectivity index (χ1v) is 8.89. The van der Waals surface area contributed by atoms with E-state index in [1.54, 1.807) is 6.92 Å². The summed E-state index contributed by atoms with van der Waals surface area (Å²) in [5, 5.41) is 23.1. The Hall–Kier alpha value is -3.42. The van der Waals surface area contributed by atoms with Crippen LogP contribution >= 0.6 is 0 Å². The van der Waals surface area contributed by atoms with Crippen LogP contribution in [0.3, 0.4) is 0 Å². The number of aliphatic carboxylic acids is 1. The molecule has 0 bridgehead atoms. The van der Waals surface area contributed by atoms with E-state index in [2.05, 4.69) is 5.32 Å². The van der Waals surface area contributed by atoms with Crippen LogP contribution in [0, 0.1) is 10.1 Å². The molecule has 0 saturated heterocycles. The first-order chi connectivity index (χ1) is 13.4. The fourth-order valence-electron chi connectivity index (χ4n) is 2.85. The third kappa shape index (κ3) is 5.80. The fourth-order valence-corrected chi connectivity index (χ4v) is 2.85. The summed E-state index contributed by atoms with van der Waals surface area (Å²) in [7, 11) is 0. The Morgan fingerprint density at radius 2 is 1.89 bits per heavy atom. The molecule has 0 aromatic heterocycles. The molecule has 1 amide bonds. The van der Waals surface area contributed by atoms with Gasteiger partial charge in [0.1, 0.15) is 5.75 Å². The minimum Gasteiger partial charge on any atom is -0.493 e. The van der Waals surface area contributed by atoms with Gasteiger partial charge in [0.2, 0.25) is 0 Å². The zero-order chi connectivity index (χ0) is 20.5. The first kappa shape index (κ1) is 20.9. The number of nitro groups is 1. The van der Waals surface area contributed by atoms with Crippen molar-refractivity contribution >= 4 is 17.6 Å². The summed E-state index contributed by atoms with van der Waals surface area (Å²) in [6.45, 7) is 1.96. The van der Waals surface area contributed by atoms with Gasteiger partial charge < -0.3 is 15.2 Å². The lowest BCUT2D eigenvalue weighted by Gasteiger charge is -2.19. The summed E-state index contributed by atoms with van der Waals surface area (Å²) in [6, 6.07) is 13.0. The second kappa shape index (κ2) is 10.1. The van der Waals surface area contributed by atoms with E-state index in [1.807, 2.05) is 30.3 Å². The quantitative estimate of drug-likeness (QED) is 0.478. The summed E-state index contributed by atoms with van der Waals surface area (Å²) >= 11 is 0. The molecule has 2 N–H and O–H groups in total. The van der Waals surface area contributed by atoms with Crippen molar-refractivity contribution in [1.82, 2.24) is 5.32 Å². The van der Waals surface area contributed by atoms with Crippen LogP contribution in [0.1, 0.15) is 35.7 Å². The molecule has 0 radical (unpaired) electrons. The van der Waals surface area contributed by atoms with Crippen molar-refractivity contribution in [2.45, 2.75) is 32.2 Å². The van der Waals surface area contributed by atoms with E-state index in [1.165, 1.54) is 18.2 Å². The maximum atomic E-state index is 12.9. The molecule has 8 nitrogen and oxygen atoms in total. The Kier molecular flexibility index (Phi) is 7.50. The van der Waals surface area contributed by atoms with Crippen LogP contribution in [-0.4, -0.2) is 34.6 Å². The number of nitro benzene ring substituents is 1. The van der Waals surface area contributed by atoms with Crippen molar-refractivity contribution < 1.29 is 24.4 Å².